The molecule has 1 saturated heterocycles. The van der Waals surface area contributed by atoms with Crippen LogP contribution >= 0.6 is 0 Å². The number of H-pyrrole nitrogens is 1. The third-order valence-corrected chi connectivity index (χ3v) is 3.51. The first kappa shape index (κ1) is 16.8. The van der Waals surface area contributed by atoms with E-state index < -0.39 is 42.4 Å². The molecular formula is C13H20N2O7. The highest BCUT2D eigenvalue weighted by Gasteiger charge is 2.45. The molecule has 0 radical (unpaired) electrons. The Morgan fingerprint density at radius 3 is 2.77 bits per heavy atom. The van der Waals surface area contributed by atoms with E-state index in [0.29, 0.717) is 12.2 Å². The van der Waals surface area contributed by atoms with Gasteiger partial charge in [-0.2, -0.15) is 0 Å². The second-order valence-corrected chi connectivity index (χ2v) is 5.05. The summed E-state index contributed by atoms with van der Waals surface area (Å²) in [5.41, 5.74) is -0.845. The molecule has 1 aromatic rings. The first-order valence-corrected chi connectivity index (χ1v) is 6.86. The van der Waals surface area contributed by atoms with Crippen LogP contribution in [0.3, 0.4) is 0 Å². The van der Waals surface area contributed by atoms with E-state index in [9.17, 15) is 19.8 Å². The zero-order valence-electron chi connectivity index (χ0n) is 12.4. The lowest BCUT2D eigenvalue weighted by Crippen LogP contribution is -2.40. The maximum absolute atomic E-state index is 12.0. The van der Waals surface area contributed by atoms with Gasteiger partial charge in [0.25, 0.3) is 5.56 Å². The zero-order valence-corrected chi connectivity index (χ0v) is 12.4. The number of ether oxygens (including phenoxy) is 3. The minimum absolute atomic E-state index is 0.188. The number of rotatable bonds is 6. The molecule has 1 aliphatic heterocycles. The fourth-order valence-electron chi connectivity index (χ4n) is 2.32. The topological polar surface area (TPSA) is 123 Å². The lowest BCUT2D eigenvalue weighted by molar-refractivity contribution is -0.0820. The van der Waals surface area contributed by atoms with Crippen molar-refractivity contribution in [2.75, 3.05) is 26.9 Å². The Balaban J connectivity index is 2.31. The van der Waals surface area contributed by atoms with Gasteiger partial charge in [-0.05, 0) is 6.92 Å². The molecule has 0 unspecified atom stereocenters. The fourth-order valence-corrected chi connectivity index (χ4v) is 2.32. The summed E-state index contributed by atoms with van der Waals surface area (Å²) in [6.07, 6.45) is -2.46. The van der Waals surface area contributed by atoms with Crippen LogP contribution in [0.2, 0.25) is 0 Å². The van der Waals surface area contributed by atoms with E-state index in [1.807, 2.05) is 0 Å². The molecule has 0 aliphatic carbocycles. The Hall–Kier alpha value is -1.52. The number of aryl methyl sites for hydroxylation is 1. The molecule has 2 rings (SSSR count). The predicted molar refractivity (Wildman–Crippen MR) is 74.7 cm³/mol. The molecule has 22 heavy (non-hydrogen) atoms. The van der Waals surface area contributed by atoms with E-state index in [0.717, 1.165) is 4.57 Å². The molecule has 1 fully saturated rings. The Kier molecular flexibility index (Phi) is 5.48. The van der Waals surface area contributed by atoms with Gasteiger partial charge in [-0.15, -0.1) is 0 Å². The number of aromatic nitrogens is 2. The summed E-state index contributed by atoms with van der Waals surface area (Å²) in [6.45, 7) is 1.62. The molecule has 0 spiro atoms. The molecule has 3 N–H and O–H groups in total. The lowest BCUT2D eigenvalue weighted by Gasteiger charge is -2.22. The third kappa shape index (κ3) is 3.28. The number of hydrogen-bond donors (Lipinski definition) is 3. The van der Waals surface area contributed by atoms with Gasteiger partial charge in [-0.25, -0.2) is 4.79 Å². The van der Waals surface area contributed by atoms with Crippen LogP contribution in [0.25, 0.3) is 0 Å². The van der Waals surface area contributed by atoms with Crippen molar-refractivity contribution in [3.05, 3.63) is 32.6 Å². The first-order valence-electron chi connectivity index (χ1n) is 6.86. The van der Waals surface area contributed by atoms with E-state index in [4.69, 9.17) is 14.2 Å². The number of nitrogens with zero attached hydrogens (tertiary/aromatic N) is 1. The summed E-state index contributed by atoms with van der Waals surface area (Å²) in [5, 5.41) is 19.4. The fraction of sp³-hybridized carbons (Fsp3) is 0.692. The molecule has 0 aromatic carbocycles. The van der Waals surface area contributed by atoms with Crippen LogP contribution < -0.4 is 11.2 Å². The largest absolute Gasteiger partial charge is 0.394 e. The highest BCUT2D eigenvalue weighted by molar-refractivity contribution is 5.03. The van der Waals surface area contributed by atoms with Crippen LogP contribution in [-0.4, -0.2) is 65.0 Å². The molecular weight excluding hydrogens is 296 g/mol. The molecule has 1 aliphatic rings. The number of aromatic amines is 1. The number of aliphatic hydroxyl groups is 2. The summed E-state index contributed by atoms with van der Waals surface area (Å²) in [6, 6.07) is 0. The molecule has 0 bridgehead atoms. The maximum atomic E-state index is 12.0. The normalized spacial score (nSPS) is 28.2. The molecule has 9 nitrogen and oxygen atoms in total. The average Bonchev–Trinajstić information content (AvgIpc) is 2.80. The van der Waals surface area contributed by atoms with Gasteiger partial charge >= 0.3 is 5.69 Å². The van der Waals surface area contributed by atoms with E-state index in [1.54, 1.807) is 6.92 Å². The molecule has 124 valence electrons. The van der Waals surface area contributed by atoms with E-state index in [2.05, 4.69) is 4.98 Å². The molecule has 0 amide bonds. The van der Waals surface area contributed by atoms with E-state index >= 15 is 0 Å². The predicted octanol–water partition coefficient (Wildman–Crippen LogP) is -1.87. The van der Waals surface area contributed by atoms with E-state index in [1.165, 1.54) is 13.3 Å². The van der Waals surface area contributed by atoms with Crippen molar-refractivity contribution in [3.63, 3.8) is 0 Å². The van der Waals surface area contributed by atoms with Crippen LogP contribution in [0.1, 0.15) is 11.8 Å². The third-order valence-electron chi connectivity index (χ3n) is 3.51. The number of hydrogen-bond acceptors (Lipinski definition) is 7. The van der Waals surface area contributed by atoms with Gasteiger partial charge in [0.05, 0.1) is 19.8 Å². The van der Waals surface area contributed by atoms with Gasteiger partial charge in [0.1, 0.15) is 18.3 Å². The number of nitrogens with one attached hydrogen (secondary N) is 1. The van der Waals surface area contributed by atoms with Crippen molar-refractivity contribution in [1.29, 1.82) is 0 Å². The number of aliphatic hydroxyl groups excluding tert-OH is 2. The van der Waals surface area contributed by atoms with Crippen LogP contribution in [0.4, 0.5) is 0 Å². The highest BCUT2D eigenvalue weighted by Crippen LogP contribution is 2.30. The Bertz CT molecular complexity index is 611. The van der Waals surface area contributed by atoms with Crippen molar-refractivity contribution >= 4 is 0 Å². The summed E-state index contributed by atoms with van der Waals surface area (Å²) < 4.78 is 17.0. The van der Waals surface area contributed by atoms with Crippen LogP contribution in [0, 0.1) is 6.92 Å². The Morgan fingerprint density at radius 1 is 1.41 bits per heavy atom. The van der Waals surface area contributed by atoms with Crippen LogP contribution in [-0.2, 0) is 14.2 Å². The Morgan fingerprint density at radius 2 is 2.14 bits per heavy atom. The van der Waals surface area contributed by atoms with Gasteiger partial charge in [-0.1, -0.05) is 0 Å². The molecule has 2 heterocycles. The molecule has 4 atom stereocenters. The average molecular weight is 316 g/mol. The van der Waals surface area contributed by atoms with E-state index in [-0.39, 0.29) is 6.61 Å². The minimum Gasteiger partial charge on any atom is -0.394 e. The van der Waals surface area contributed by atoms with Crippen LogP contribution in [0.15, 0.2) is 15.8 Å². The second kappa shape index (κ2) is 7.16. The summed E-state index contributed by atoms with van der Waals surface area (Å²) in [5.74, 6) is 0. The van der Waals surface area contributed by atoms with Crippen molar-refractivity contribution in [1.82, 2.24) is 9.55 Å². The van der Waals surface area contributed by atoms with Crippen LogP contribution in [0.5, 0.6) is 0 Å². The molecule has 9 heteroatoms. The second-order valence-electron chi connectivity index (χ2n) is 5.05. The van der Waals surface area contributed by atoms with Gasteiger partial charge < -0.3 is 24.4 Å². The standard InChI is InChI=1S/C13H20N2O7/c1-7-5-15(13(19)14-11(7)18)12-10(21-4-3-20-2)9(17)8(6-16)22-12/h5,8-10,12,16-17H,3-4,6H2,1-2H3,(H,14,18,19)/t8-,9+,10+,12+/m0/s1. The van der Waals surface area contributed by atoms with Gasteiger partial charge in [0, 0.05) is 18.9 Å². The SMILES string of the molecule is COCCO[C@@H]1[C@H](O)[C@H](CO)O[C@H]1n1cc(C)c(=O)[nH]c1=O. The smallest absolute Gasteiger partial charge is 0.330 e. The van der Waals surface area contributed by atoms with Gasteiger partial charge in [0.2, 0.25) is 0 Å². The van der Waals surface area contributed by atoms with Crippen molar-refractivity contribution in [3.8, 4) is 0 Å². The monoisotopic (exact) mass is 316 g/mol. The van der Waals surface area contributed by atoms with Gasteiger partial charge in [-0.3, -0.25) is 14.3 Å². The zero-order chi connectivity index (χ0) is 16.3. The first-order chi connectivity index (χ1) is 10.5. The van der Waals surface area contributed by atoms with Crippen molar-refractivity contribution in [2.24, 2.45) is 0 Å². The summed E-state index contributed by atoms with van der Waals surface area (Å²) in [4.78, 5) is 25.6. The van der Waals surface area contributed by atoms with Crippen molar-refractivity contribution < 1.29 is 24.4 Å². The quantitative estimate of drug-likeness (QED) is 0.525. The molecule has 0 saturated carbocycles. The summed E-state index contributed by atoms with van der Waals surface area (Å²) in [7, 11) is 1.51. The number of methoxy groups -OCH3 is 1. The molecule has 1 aromatic heterocycles. The van der Waals surface area contributed by atoms with Gasteiger partial charge in [0.15, 0.2) is 6.23 Å². The lowest BCUT2D eigenvalue weighted by atomic mass is 10.1. The maximum Gasteiger partial charge on any atom is 0.330 e. The Labute approximate surface area is 126 Å². The minimum atomic E-state index is -1.11. The highest BCUT2D eigenvalue weighted by atomic mass is 16.6. The van der Waals surface area contributed by atoms with Crippen molar-refractivity contribution in [2.45, 2.75) is 31.5 Å². The summed E-state index contributed by atoms with van der Waals surface area (Å²) >= 11 is 0.